The smallest absolute Gasteiger partial charge is 0.128 e. The number of hydrogen-bond donors (Lipinski definition) is 1. The second-order valence-electron chi connectivity index (χ2n) is 4.37. The first kappa shape index (κ1) is 14.3. The number of nitrogens with one attached hydrogen (secondary N) is 1. The van der Waals surface area contributed by atoms with Crippen molar-refractivity contribution in [3.05, 3.63) is 23.9 Å². The van der Waals surface area contributed by atoms with Crippen molar-refractivity contribution in [3.8, 4) is 0 Å². The summed E-state index contributed by atoms with van der Waals surface area (Å²) in [6.07, 6.45) is 4.03. The van der Waals surface area contributed by atoms with Gasteiger partial charge < -0.3 is 10.2 Å². The lowest BCUT2D eigenvalue weighted by Crippen LogP contribution is -2.31. The highest BCUT2D eigenvalue weighted by atomic mass is 32.2. The summed E-state index contributed by atoms with van der Waals surface area (Å²) in [5.74, 6) is 2.16. The van der Waals surface area contributed by atoms with Crippen LogP contribution < -0.4 is 10.2 Å². The molecule has 0 saturated carbocycles. The molecule has 0 saturated heterocycles. The Bertz CT molecular complexity index is 343. The highest BCUT2D eigenvalue weighted by molar-refractivity contribution is 7.98. The van der Waals surface area contributed by atoms with E-state index in [9.17, 15) is 0 Å². The van der Waals surface area contributed by atoms with E-state index in [2.05, 4.69) is 54.5 Å². The Hall–Kier alpha value is -0.740. The van der Waals surface area contributed by atoms with Gasteiger partial charge in [-0.2, -0.15) is 11.8 Å². The molecule has 1 N–H and O–H groups in total. The monoisotopic (exact) mass is 253 g/mol. The van der Waals surface area contributed by atoms with Crippen molar-refractivity contribution in [1.82, 2.24) is 10.3 Å². The van der Waals surface area contributed by atoms with E-state index in [0.29, 0.717) is 12.1 Å². The predicted octanol–water partition coefficient (Wildman–Crippen LogP) is 2.55. The van der Waals surface area contributed by atoms with E-state index >= 15 is 0 Å². The summed E-state index contributed by atoms with van der Waals surface area (Å²) in [5.41, 5.74) is 1.28. The van der Waals surface area contributed by atoms with E-state index in [1.165, 1.54) is 5.56 Å². The van der Waals surface area contributed by atoms with E-state index < -0.39 is 0 Å². The van der Waals surface area contributed by atoms with Crippen LogP contribution in [0.3, 0.4) is 0 Å². The molecule has 2 unspecified atom stereocenters. The number of anilines is 1. The number of aromatic nitrogens is 1. The molecule has 4 heteroatoms. The lowest BCUT2D eigenvalue weighted by atomic mass is 10.1. The third-order valence-corrected chi connectivity index (χ3v) is 3.95. The maximum Gasteiger partial charge on any atom is 0.128 e. The molecule has 3 nitrogen and oxygen atoms in total. The van der Waals surface area contributed by atoms with Gasteiger partial charge in [0.15, 0.2) is 0 Å². The average molecular weight is 253 g/mol. The Kier molecular flexibility index (Phi) is 5.78. The second-order valence-corrected chi connectivity index (χ2v) is 5.28. The quantitative estimate of drug-likeness (QED) is 0.843. The molecule has 0 aliphatic rings. The molecule has 0 aliphatic carbocycles. The van der Waals surface area contributed by atoms with Crippen molar-refractivity contribution in [2.45, 2.75) is 25.9 Å². The van der Waals surface area contributed by atoms with E-state index in [-0.39, 0.29) is 0 Å². The van der Waals surface area contributed by atoms with Crippen molar-refractivity contribution < 1.29 is 0 Å². The van der Waals surface area contributed by atoms with Crippen molar-refractivity contribution >= 4 is 17.6 Å². The van der Waals surface area contributed by atoms with Crippen LogP contribution in [0.1, 0.15) is 25.5 Å². The molecule has 0 radical (unpaired) electrons. The van der Waals surface area contributed by atoms with Crippen LogP contribution in [-0.4, -0.2) is 37.1 Å². The number of pyridine rings is 1. The fraction of sp³-hybridized carbons (Fsp3) is 0.615. The lowest BCUT2D eigenvalue weighted by Gasteiger charge is -2.26. The van der Waals surface area contributed by atoms with E-state index in [1.54, 1.807) is 0 Å². The standard InChI is InChI=1S/C13H23N3S/c1-10(9-17-5)16(4)13-8-12(6-7-15-13)11(2)14-3/h6-8,10-11,14H,9H2,1-5H3. The summed E-state index contributed by atoms with van der Waals surface area (Å²) in [6, 6.07) is 5.09. The minimum Gasteiger partial charge on any atom is -0.356 e. The molecule has 0 amide bonds. The molecule has 0 fully saturated rings. The van der Waals surface area contributed by atoms with Crippen LogP contribution in [0, 0.1) is 0 Å². The maximum absolute atomic E-state index is 4.45. The molecule has 1 aromatic heterocycles. The first-order valence-corrected chi connectivity index (χ1v) is 7.34. The highest BCUT2D eigenvalue weighted by Gasteiger charge is 2.12. The number of thioether (sulfide) groups is 1. The summed E-state index contributed by atoms with van der Waals surface area (Å²) in [6.45, 7) is 4.39. The van der Waals surface area contributed by atoms with Crippen LogP contribution >= 0.6 is 11.8 Å². The van der Waals surface area contributed by atoms with Gasteiger partial charge in [0.2, 0.25) is 0 Å². The second kappa shape index (κ2) is 6.87. The Morgan fingerprint density at radius 2 is 2.18 bits per heavy atom. The summed E-state index contributed by atoms with van der Waals surface area (Å²) in [4.78, 5) is 6.69. The zero-order chi connectivity index (χ0) is 12.8. The summed E-state index contributed by atoms with van der Waals surface area (Å²) >= 11 is 1.87. The summed E-state index contributed by atoms with van der Waals surface area (Å²) < 4.78 is 0. The zero-order valence-corrected chi connectivity index (χ0v) is 12.2. The minimum atomic E-state index is 0.362. The first-order chi connectivity index (χ1) is 8.10. The molecule has 0 aliphatic heterocycles. The third-order valence-electron chi connectivity index (χ3n) is 3.13. The third kappa shape index (κ3) is 3.89. The highest BCUT2D eigenvalue weighted by Crippen LogP contribution is 2.19. The molecule has 0 aromatic carbocycles. The molecular weight excluding hydrogens is 230 g/mol. The fourth-order valence-corrected chi connectivity index (χ4v) is 2.35. The first-order valence-electron chi connectivity index (χ1n) is 5.95. The van der Waals surface area contributed by atoms with Gasteiger partial charge in [-0.3, -0.25) is 0 Å². The van der Waals surface area contributed by atoms with Gasteiger partial charge in [-0.1, -0.05) is 0 Å². The van der Waals surface area contributed by atoms with E-state index in [0.717, 1.165) is 11.6 Å². The zero-order valence-electron chi connectivity index (χ0n) is 11.4. The molecule has 17 heavy (non-hydrogen) atoms. The summed E-state index contributed by atoms with van der Waals surface area (Å²) in [5, 5.41) is 3.25. The minimum absolute atomic E-state index is 0.362. The number of nitrogens with zero attached hydrogens (tertiary/aromatic N) is 2. The van der Waals surface area contributed by atoms with Crippen molar-refractivity contribution in [3.63, 3.8) is 0 Å². The van der Waals surface area contributed by atoms with Crippen LogP contribution in [-0.2, 0) is 0 Å². The number of hydrogen-bond acceptors (Lipinski definition) is 4. The van der Waals surface area contributed by atoms with Gasteiger partial charge in [-0.25, -0.2) is 4.98 Å². The molecule has 1 aromatic rings. The largest absolute Gasteiger partial charge is 0.356 e. The Morgan fingerprint density at radius 3 is 2.76 bits per heavy atom. The van der Waals surface area contributed by atoms with Gasteiger partial charge in [0, 0.05) is 31.1 Å². The van der Waals surface area contributed by atoms with Gasteiger partial charge in [-0.15, -0.1) is 0 Å². The van der Waals surface area contributed by atoms with Crippen molar-refractivity contribution in [1.29, 1.82) is 0 Å². The Balaban J connectivity index is 2.83. The van der Waals surface area contributed by atoms with E-state index in [4.69, 9.17) is 0 Å². The molecule has 2 atom stereocenters. The van der Waals surface area contributed by atoms with Gasteiger partial charge >= 0.3 is 0 Å². The van der Waals surface area contributed by atoms with Crippen LogP contribution in [0.2, 0.25) is 0 Å². The molecule has 0 spiro atoms. The topological polar surface area (TPSA) is 28.2 Å². The van der Waals surface area contributed by atoms with Crippen LogP contribution in [0.5, 0.6) is 0 Å². The average Bonchev–Trinajstić information content (AvgIpc) is 2.37. The van der Waals surface area contributed by atoms with Crippen LogP contribution in [0.4, 0.5) is 5.82 Å². The van der Waals surface area contributed by atoms with Crippen molar-refractivity contribution in [2.24, 2.45) is 0 Å². The fourth-order valence-electron chi connectivity index (χ4n) is 1.64. The van der Waals surface area contributed by atoms with Gasteiger partial charge in [0.1, 0.15) is 5.82 Å². The molecule has 0 bridgehead atoms. The van der Waals surface area contributed by atoms with Crippen LogP contribution in [0.25, 0.3) is 0 Å². The van der Waals surface area contributed by atoms with E-state index in [1.807, 2.05) is 25.0 Å². The van der Waals surface area contributed by atoms with Gasteiger partial charge in [0.05, 0.1) is 0 Å². The Labute approximate surface area is 109 Å². The molecule has 1 heterocycles. The number of rotatable bonds is 6. The molecule has 1 rings (SSSR count). The summed E-state index contributed by atoms with van der Waals surface area (Å²) in [7, 11) is 4.09. The molecule has 96 valence electrons. The Morgan fingerprint density at radius 1 is 1.47 bits per heavy atom. The SMILES string of the molecule is CNC(C)c1ccnc(N(C)C(C)CSC)c1. The molecular formula is C13H23N3S. The van der Waals surface area contributed by atoms with Gasteiger partial charge in [-0.05, 0) is 44.8 Å². The van der Waals surface area contributed by atoms with Crippen LogP contribution in [0.15, 0.2) is 18.3 Å². The maximum atomic E-state index is 4.45. The lowest BCUT2D eigenvalue weighted by molar-refractivity contribution is 0.649. The normalized spacial score (nSPS) is 14.4. The predicted molar refractivity (Wildman–Crippen MR) is 78.0 cm³/mol. The van der Waals surface area contributed by atoms with Crippen molar-refractivity contribution in [2.75, 3.05) is 31.0 Å². The van der Waals surface area contributed by atoms with Gasteiger partial charge in [0.25, 0.3) is 0 Å².